The Morgan fingerprint density at radius 3 is 2.34 bits per heavy atom. The quantitative estimate of drug-likeness (QED) is 0.479. The molecule has 0 saturated heterocycles. The van der Waals surface area contributed by atoms with Crippen LogP contribution in [0.4, 0.5) is 5.69 Å². The van der Waals surface area contributed by atoms with Gasteiger partial charge in [-0.05, 0) is 74.2 Å². The van der Waals surface area contributed by atoms with Crippen molar-refractivity contribution >= 4 is 33.2 Å². The van der Waals surface area contributed by atoms with Crippen molar-refractivity contribution in [3.63, 3.8) is 0 Å². The number of sulfonamides is 1. The number of halogens is 1. The van der Waals surface area contributed by atoms with Crippen LogP contribution in [0.3, 0.4) is 0 Å². The van der Waals surface area contributed by atoms with Gasteiger partial charge >= 0.3 is 0 Å². The molecule has 0 bridgehead atoms. The lowest BCUT2D eigenvalue weighted by Gasteiger charge is -2.25. The van der Waals surface area contributed by atoms with Crippen LogP contribution in [0, 0.1) is 6.92 Å². The van der Waals surface area contributed by atoms with Crippen molar-refractivity contribution in [2.24, 2.45) is 0 Å². The first-order valence-electron chi connectivity index (χ1n) is 10.4. The summed E-state index contributed by atoms with van der Waals surface area (Å²) in [5, 5.41) is 3.37. The molecule has 0 spiro atoms. The summed E-state index contributed by atoms with van der Waals surface area (Å²) in [4.78, 5) is 12.9. The largest absolute Gasteiger partial charge is 0.352 e. The van der Waals surface area contributed by atoms with E-state index in [1.165, 1.54) is 29.8 Å². The summed E-state index contributed by atoms with van der Waals surface area (Å²) in [6.45, 7) is 3.48. The molecule has 0 heterocycles. The summed E-state index contributed by atoms with van der Waals surface area (Å²) in [5.74, 6) is -0.357. The highest BCUT2D eigenvalue weighted by Crippen LogP contribution is 2.25. The third-order valence-electron chi connectivity index (χ3n) is 5.09. The average Bonchev–Trinajstić information content (AvgIpc) is 2.77. The Bertz CT molecular complexity index is 1150. The second-order valence-electron chi connectivity index (χ2n) is 7.80. The molecule has 0 saturated carbocycles. The van der Waals surface area contributed by atoms with Gasteiger partial charge in [-0.3, -0.25) is 9.10 Å². The molecule has 7 heteroatoms. The van der Waals surface area contributed by atoms with E-state index < -0.39 is 10.0 Å². The molecule has 0 unspecified atom stereocenters. The van der Waals surface area contributed by atoms with E-state index in [0.717, 1.165) is 22.7 Å². The molecule has 5 nitrogen and oxygen atoms in total. The van der Waals surface area contributed by atoms with Crippen molar-refractivity contribution in [1.29, 1.82) is 0 Å². The molecule has 0 aromatic heterocycles. The molecule has 0 aliphatic rings. The number of carbonyl (C=O) groups excluding carboxylic acids is 1. The number of hydrogen-bond donors (Lipinski definition) is 1. The van der Waals surface area contributed by atoms with Crippen LogP contribution in [-0.2, 0) is 21.2 Å². The monoisotopic (exact) mass is 470 g/mol. The molecule has 0 radical (unpaired) electrons. The van der Waals surface area contributed by atoms with Crippen LogP contribution in [0.5, 0.6) is 0 Å². The predicted octanol–water partition coefficient (Wildman–Crippen LogP) is 4.98. The molecular weight excluding hydrogens is 444 g/mol. The third-order valence-corrected chi connectivity index (χ3v) is 7.13. The van der Waals surface area contributed by atoms with Gasteiger partial charge in [0, 0.05) is 11.1 Å². The van der Waals surface area contributed by atoms with Gasteiger partial charge in [-0.1, -0.05) is 54.1 Å². The molecule has 1 atom stereocenters. The standard InChI is InChI=1S/C25H27ClN2O3S/c1-19-7-6-10-23(17-19)28(32(30,31)24-15-13-22(26)14-16-24)18-25(29)27-20(2)11-12-21-8-4-3-5-9-21/h3-10,13-17,20H,11-12,18H2,1-2H3,(H,27,29)/t20-/m1/s1. The number of benzene rings is 3. The molecule has 0 aliphatic heterocycles. The molecule has 168 valence electrons. The van der Waals surface area contributed by atoms with Crippen LogP contribution in [0.25, 0.3) is 0 Å². The highest BCUT2D eigenvalue weighted by Gasteiger charge is 2.27. The lowest BCUT2D eigenvalue weighted by atomic mass is 10.1. The van der Waals surface area contributed by atoms with Gasteiger partial charge in [0.05, 0.1) is 10.6 Å². The van der Waals surface area contributed by atoms with Gasteiger partial charge in [-0.15, -0.1) is 0 Å². The van der Waals surface area contributed by atoms with Crippen LogP contribution in [0.1, 0.15) is 24.5 Å². The number of rotatable bonds is 9. The van der Waals surface area contributed by atoms with E-state index in [1.54, 1.807) is 18.2 Å². The molecule has 1 N–H and O–H groups in total. The lowest BCUT2D eigenvalue weighted by Crippen LogP contribution is -2.43. The summed E-state index contributed by atoms with van der Waals surface area (Å²) >= 11 is 5.92. The molecule has 1 amide bonds. The van der Waals surface area contributed by atoms with E-state index in [1.807, 2.05) is 50.2 Å². The highest BCUT2D eigenvalue weighted by molar-refractivity contribution is 7.92. The predicted molar refractivity (Wildman–Crippen MR) is 130 cm³/mol. The van der Waals surface area contributed by atoms with Crippen molar-refractivity contribution in [3.05, 3.63) is 95.0 Å². The smallest absolute Gasteiger partial charge is 0.264 e. The number of carbonyl (C=O) groups is 1. The fourth-order valence-corrected chi connectivity index (χ4v) is 4.92. The summed E-state index contributed by atoms with van der Waals surface area (Å²) in [5.41, 5.74) is 2.53. The van der Waals surface area contributed by atoms with Crippen LogP contribution in [0.15, 0.2) is 83.8 Å². The topological polar surface area (TPSA) is 66.5 Å². The van der Waals surface area contributed by atoms with Crippen molar-refractivity contribution < 1.29 is 13.2 Å². The first kappa shape index (κ1) is 23.8. The Labute approximate surface area is 195 Å². The van der Waals surface area contributed by atoms with E-state index >= 15 is 0 Å². The van der Waals surface area contributed by atoms with Crippen LogP contribution < -0.4 is 9.62 Å². The SMILES string of the molecule is Cc1cccc(N(CC(=O)N[C@H](C)CCc2ccccc2)S(=O)(=O)c2ccc(Cl)cc2)c1. The van der Waals surface area contributed by atoms with Gasteiger partial charge in [-0.2, -0.15) is 0 Å². The van der Waals surface area contributed by atoms with E-state index in [4.69, 9.17) is 11.6 Å². The Morgan fingerprint density at radius 2 is 1.69 bits per heavy atom. The first-order valence-corrected chi connectivity index (χ1v) is 12.3. The van der Waals surface area contributed by atoms with Gasteiger partial charge in [-0.25, -0.2) is 8.42 Å². The molecule has 0 fully saturated rings. The molecule has 0 aliphatic carbocycles. The third kappa shape index (κ3) is 6.34. The van der Waals surface area contributed by atoms with Crippen LogP contribution in [0.2, 0.25) is 5.02 Å². The van der Waals surface area contributed by atoms with Crippen LogP contribution >= 0.6 is 11.6 Å². The zero-order valence-electron chi connectivity index (χ0n) is 18.2. The van der Waals surface area contributed by atoms with E-state index in [-0.39, 0.29) is 23.4 Å². The van der Waals surface area contributed by atoms with E-state index in [2.05, 4.69) is 5.32 Å². The Morgan fingerprint density at radius 1 is 1.00 bits per heavy atom. The molecule has 3 rings (SSSR count). The number of aryl methyl sites for hydroxylation is 2. The minimum Gasteiger partial charge on any atom is -0.352 e. The molecule has 32 heavy (non-hydrogen) atoms. The van der Waals surface area contributed by atoms with Gasteiger partial charge < -0.3 is 5.32 Å². The first-order chi connectivity index (χ1) is 15.3. The Balaban J connectivity index is 1.76. The zero-order chi connectivity index (χ0) is 23.1. The van der Waals surface area contributed by atoms with Crippen molar-refractivity contribution in [2.45, 2.75) is 37.6 Å². The number of anilines is 1. The number of hydrogen-bond acceptors (Lipinski definition) is 3. The maximum Gasteiger partial charge on any atom is 0.264 e. The summed E-state index contributed by atoms with van der Waals surface area (Å²) < 4.78 is 27.9. The second-order valence-corrected chi connectivity index (χ2v) is 10.1. The molecular formula is C25H27ClN2O3S. The maximum absolute atomic E-state index is 13.4. The highest BCUT2D eigenvalue weighted by atomic mass is 35.5. The molecule has 3 aromatic carbocycles. The van der Waals surface area contributed by atoms with Crippen molar-refractivity contribution in [2.75, 3.05) is 10.8 Å². The fraction of sp³-hybridized carbons (Fsp3) is 0.240. The van der Waals surface area contributed by atoms with E-state index in [0.29, 0.717) is 10.7 Å². The fourth-order valence-electron chi connectivity index (χ4n) is 3.38. The average molecular weight is 471 g/mol. The van der Waals surface area contributed by atoms with Gasteiger partial charge in [0.1, 0.15) is 6.54 Å². The minimum absolute atomic E-state index is 0.0772. The number of nitrogens with zero attached hydrogens (tertiary/aromatic N) is 1. The Hall–Kier alpha value is -2.83. The lowest BCUT2D eigenvalue weighted by molar-refractivity contribution is -0.120. The maximum atomic E-state index is 13.4. The van der Waals surface area contributed by atoms with Crippen molar-refractivity contribution in [1.82, 2.24) is 5.32 Å². The van der Waals surface area contributed by atoms with Crippen molar-refractivity contribution in [3.8, 4) is 0 Å². The van der Waals surface area contributed by atoms with Gasteiger partial charge in [0.15, 0.2) is 0 Å². The zero-order valence-corrected chi connectivity index (χ0v) is 19.7. The summed E-state index contributed by atoms with van der Waals surface area (Å²) in [6, 6.07) is 23.0. The molecule has 3 aromatic rings. The van der Waals surface area contributed by atoms with E-state index in [9.17, 15) is 13.2 Å². The number of nitrogens with one attached hydrogen (secondary N) is 1. The summed E-state index contributed by atoms with van der Waals surface area (Å²) in [7, 11) is -3.96. The summed E-state index contributed by atoms with van der Waals surface area (Å²) in [6.07, 6.45) is 1.58. The number of amides is 1. The van der Waals surface area contributed by atoms with Crippen LogP contribution in [-0.4, -0.2) is 26.9 Å². The Kier molecular flexibility index (Phi) is 7.94. The second kappa shape index (κ2) is 10.7. The minimum atomic E-state index is -3.96. The van der Waals surface area contributed by atoms with Gasteiger partial charge in [0.25, 0.3) is 10.0 Å². The normalized spacial score (nSPS) is 12.2. The van der Waals surface area contributed by atoms with Gasteiger partial charge in [0.2, 0.25) is 5.91 Å².